The molecule has 18 heteroatoms. The van der Waals surface area contributed by atoms with Crippen LogP contribution in [0.15, 0.2) is 66.7 Å². The Morgan fingerprint density at radius 1 is 0.587 bits per heavy atom. The largest absolute Gasteiger partial charge is 2.00 e. The number of para-hydroxylation sites is 2. The second kappa shape index (κ2) is 32.3. The molecule has 1 radical (unpaired) electrons. The summed E-state index contributed by atoms with van der Waals surface area (Å²) in [5.41, 5.74) is 4.07. The first-order valence-electron chi connectivity index (χ1n) is 13.3. The molecule has 2 bridgehead atoms. The molecule has 1 aromatic heterocycles. The first-order valence-corrected chi connectivity index (χ1v) is 13.3. The summed E-state index contributed by atoms with van der Waals surface area (Å²) in [5.74, 6) is 1.78. The van der Waals surface area contributed by atoms with Gasteiger partial charge in [-0.25, -0.2) is 0 Å². The molecular formula is C28H42CoN6O11. The zero-order chi connectivity index (χ0) is 34.3. The van der Waals surface area contributed by atoms with Crippen molar-refractivity contribution in [2.45, 2.75) is 26.3 Å². The van der Waals surface area contributed by atoms with Gasteiger partial charge in [0.25, 0.3) is 0 Å². The second-order valence-electron chi connectivity index (χ2n) is 7.96. The number of nitrogens with one attached hydrogen (secondary N) is 3. The van der Waals surface area contributed by atoms with Gasteiger partial charge in [-0.05, 0) is 24.3 Å². The van der Waals surface area contributed by atoms with Crippen LogP contribution in [0.4, 0.5) is 0 Å². The van der Waals surface area contributed by atoms with Crippen molar-refractivity contribution in [2.24, 2.45) is 0 Å². The van der Waals surface area contributed by atoms with Crippen LogP contribution in [-0.4, -0.2) is 78.0 Å². The molecule has 1 aliphatic rings. The normalized spacial score (nSPS) is 12.3. The van der Waals surface area contributed by atoms with Crippen molar-refractivity contribution in [1.82, 2.24) is 20.9 Å². The molecule has 0 fully saturated rings. The van der Waals surface area contributed by atoms with Crippen LogP contribution in [0.2, 0.25) is 0 Å². The van der Waals surface area contributed by atoms with Crippen LogP contribution < -0.4 is 25.4 Å². The molecule has 17 nitrogen and oxygen atoms in total. The van der Waals surface area contributed by atoms with E-state index in [0.717, 1.165) is 94.6 Å². The van der Waals surface area contributed by atoms with E-state index in [4.69, 9.17) is 60.4 Å². The molecule has 2 heterocycles. The van der Waals surface area contributed by atoms with Crippen LogP contribution in [0.3, 0.4) is 0 Å². The van der Waals surface area contributed by atoms with Gasteiger partial charge in [0, 0.05) is 71.7 Å². The van der Waals surface area contributed by atoms with Gasteiger partial charge in [0.1, 0.15) is 24.7 Å². The molecule has 0 saturated heterocycles. The minimum atomic E-state index is -1.75. The predicted molar refractivity (Wildman–Crippen MR) is 167 cm³/mol. The third kappa shape index (κ3) is 24.2. The van der Waals surface area contributed by atoms with E-state index < -0.39 is 10.2 Å². The molecule has 0 unspecified atom stereocenters. The van der Waals surface area contributed by atoms with E-state index >= 15 is 0 Å². The zero-order valence-electron chi connectivity index (χ0n) is 25.8. The summed E-state index contributed by atoms with van der Waals surface area (Å²) < 4.78 is 12.2. The van der Waals surface area contributed by atoms with Crippen LogP contribution in [0.25, 0.3) is 0 Å². The van der Waals surface area contributed by atoms with E-state index in [1.807, 2.05) is 54.6 Å². The van der Waals surface area contributed by atoms with Gasteiger partial charge in [-0.2, -0.15) is 0 Å². The summed E-state index contributed by atoms with van der Waals surface area (Å²) in [6.45, 7) is 6.02. The van der Waals surface area contributed by atoms with Crippen LogP contribution >= 0.6 is 0 Å². The van der Waals surface area contributed by atoms with Crippen molar-refractivity contribution < 1.29 is 51.7 Å². The Labute approximate surface area is 277 Å². The summed E-state index contributed by atoms with van der Waals surface area (Å²) in [4.78, 5) is 21.2. The van der Waals surface area contributed by atoms with Crippen molar-refractivity contribution in [3.63, 3.8) is 0 Å². The summed E-state index contributed by atoms with van der Waals surface area (Å²) in [6.07, 6.45) is 0. The fraction of sp³-hybridized carbons (Fsp3) is 0.393. The first-order chi connectivity index (χ1) is 21.8. The van der Waals surface area contributed by atoms with Gasteiger partial charge < -0.3 is 71.4 Å². The van der Waals surface area contributed by atoms with Crippen LogP contribution in [0.1, 0.15) is 22.5 Å². The Morgan fingerprint density at radius 2 is 0.913 bits per heavy atom. The number of pyridine rings is 1. The van der Waals surface area contributed by atoms with Crippen molar-refractivity contribution >= 4 is 0 Å². The number of nitrogens with zero attached hydrogens (tertiary/aromatic N) is 3. The van der Waals surface area contributed by atoms with Crippen molar-refractivity contribution in [2.75, 3.05) is 47.5 Å². The van der Waals surface area contributed by atoms with Crippen LogP contribution in [0.5, 0.6) is 11.5 Å². The summed E-state index contributed by atoms with van der Waals surface area (Å²) >= 11 is 0. The third-order valence-corrected chi connectivity index (χ3v) is 5.15. The molecule has 4 rings (SSSR count). The topological polar surface area (TPSA) is 261 Å². The number of ether oxygens (including phenoxy) is 2. The average Bonchev–Trinajstić information content (AvgIpc) is 3.05. The van der Waals surface area contributed by atoms with E-state index in [1.165, 1.54) is 0 Å². The van der Waals surface area contributed by atoms with Gasteiger partial charge >= 0.3 is 16.8 Å². The number of fused-ring (bicyclic) bond motifs is 4. The molecule has 259 valence electrons. The Bertz CT molecular complexity index is 1090. The molecule has 2 aromatic carbocycles. The molecule has 3 aromatic rings. The second-order valence-corrected chi connectivity index (χ2v) is 7.96. The van der Waals surface area contributed by atoms with E-state index in [1.54, 1.807) is 0 Å². The maximum absolute atomic E-state index is 8.25. The summed E-state index contributed by atoms with van der Waals surface area (Å²) in [5, 5.41) is 60.9. The fourth-order valence-corrected chi connectivity index (χ4v) is 3.50. The van der Waals surface area contributed by atoms with Gasteiger partial charge in [-0.3, -0.25) is 4.98 Å². The number of hydrogen-bond acceptors (Lipinski definition) is 15. The molecule has 0 amide bonds. The molecule has 0 spiro atoms. The predicted octanol–water partition coefficient (Wildman–Crippen LogP) is 1.37. The molecular weight excluding hydrogens is 655 g/mol. The maximum atomic E-state index is 8.25. The molecule has 0 saturated carbocycles. The summed E-state index contributed by atoms with van der Waals surface area (Å²) in [7, 11) is 3.00. The zero-order valence-corrected chi connectivity index (χ0v) is 26.8. The molecule has 1 aliphatic heterocycles. The minimum Gasteiger partial charge on any atom is -0.487 e. The van der Waals surface area contributed by atoms with Crippen LogP contribution in [-0.2, 0) is 43.1 Å². The smallest absolute Gasteiger partial charge is 0.487 e. The SMILES string of the molecule is CO.CO.CO.O=[N+]([O-])[O-].O=[N+]([O-])[O-].[Co+2].c1cc2nc(c1)COc1ccccc1CNCCNCCNCc1ccccc1OC2. The van der Waals surface area contributed by atoms with E-state index in [9.17, 15) is 0 Å². The average molecular weight is 698 g/mol. The molecule has 46 heavy (non-hydrogen) atoms. The number of aliphatic hydroxyl groups is 3. The van der Waals surface area contributed by atoms with E-state index in [2.05, 4.69) is 28.1 Å². The van der Waals surface area contributed by atoms with Gasteiger partial charge in [0.05, 0.1) is 21.6 Å². The van der Waals surface area contributed by atoms with E-state index in [0.29, 0.717) is 13.2 Å². The summed E-state index contributed by atoms with van der Waals surface area (Å²) in [6, 6.07) is 22.3. The standard InChI is InChI=1S/C25H30N4O2.3CH4O.Co.2NO3/c1-3-10-24-20(6-1)16-27-14-12-26-13-15-28-17-21-7-2-4-11-25(21)31-19-23-9-5-8-22(29-23)18-30-24;3*1-2;;2*2-1(3)4/h1-11,26-28H,12-19H2;3*2H,1H3;;;/q;;;;+2;2*-1. The number of rotatable bonds is 0. The van der Waals surface area contributed by atoms with Gasteiger partial charge in [-0.1, -0.05) is 42.5 Å². The fourth-order valence-electron chi connectivity index (χ4n) is 3.50. The molecule has 0 atom stereocenters. The molecule has 0 aliphatic carbocycles. The van der Waals surface area contributed by atoms with Crippen molar-refractivity contribution in [3.05, 3.63) is 120 Å². The Hall–Kier alpha value is -4.14. The van der Waals surface area contributed by atoms with Crippen molar-refractivity contribution in [3.8, 4) is 11.5 Å². The first kappa shape index (κ1) is 46.3. The quantitative estimate of drug-likeness (QED) is 0.143. The van der Waals surface area contributed by atoms with E-state index in [-0.39, 0.29) is 16.8 Å². The third-order valence-electron chi connectivity index (χ3n) is 5.15. The minimum absolute atomic E-state index is 0. The van der Waals surface area contributed by atoms with Gasteiger partial charge in [0.15, 0.2) is 0 Å². The maximum Gasteiger partial charge on any atom is 2.00 e. The van der Waals surface area contributed by atoms with Crippen molar-refractivity contribution in [1.29, 1.82) is 0 Å². The number of aliphatic hydroxyl groups excluding tert-OH is 3. The monoisotopic (exact) mass is 697 g/mol. The van der Waals surface area contributed by atoms with Crippen LogP contribution in [0, 0.1) is 30.6 Å². The number of aromatic nitrogens is 1. The van der Waals surface area contributed by atoms with Gasteiger partial charge in [0.2, 0.25) is 0 Å². The number of hydrogen-bond donors (Lipinski definition) is 6. The Kier molecular flexibility index (Phi) is 32.4. The Balaban J connectivity index is -0.00000107. The Morgan fingerprint density at radius 3 is 1.28 bits per heavy atom. The molecule has 6 N–H and O–H groups in total. The number of benzene rings is 2. The van der Waals surface area contributed by atoms with Gasteiger partial charge in [-0.15, -0.1) is 0 Å².